The van der Waals surface area contributed by atoms with Crippen molar-refractivity contribution < 1.29 is 4.79 Å². The van der Waals surface area contributed by atoms with Crippen molar-refractivity contribution in [1.82, 2.24) is 15.5 Å². The van der Waals surface area contributed by atoms with Crippen molar-refractivity contribution in [3.05, 3.63) is 58.0 Å². The highest BCUT2D eigenvalue weighted by Gasteiger charge is 2.07. The number of nitrogens with one attached hydrogen (secondary N) is 3. The lowest BCUT2D eigenvalue weighted by Crippen LogP contribution is -2.21. The van der Waals surface area contributed by atoms with Gasteiger partial charge in [-0.2, -0.15) is 5.10 Å². The van der Waals surface area contributed by atoms with Crippen LogP contribution in [0.2, 0.25) is 0 Å². The number of rotatable bonds is 5. The van der Waals surface area contributed by atoms with Crippen LogP contribution in [0.15, 0.2) is 41.2 Å². The molecule has 21 heavy (non-hydrogen) atoms. The van der Waals surface area contributed by atoms with Gasteiger partial charge < -0.3 is 10.6 Å². The molecule has 1 amide bonds. The number of aromatic amines is 1. The Hall–Kier alpha value is -2.47. The summed E-state index contributed by atoms with van der Waals surface area (Å²) in [6.07, 6.45) is 0. The summed E-state index contributed by atoms with van der Waals surface area (Å²) in [6, 6.07) is 10.6. The van der Waals surface area contributed by atoms with Gasteiger partial charge in [0.25, 0.3) is 11.5 Å². The number of H-pyrrole nitrogens is 1. The second-order valence-corrected chi connectivity index (χ2v) is 4.99. The number of amides is 1. The Bertz CT molecular complexity index is 642. The van der Waals surface area contributed by atoms with Crippen LogP contribution in [-0.4, -0.2) is 22.1 Å². The maximum atomic E-state index is 11.9. The first-order valence-corrected chi connectivity index (χ1v) is 6.74. The van der Waals surface area contributed by atoms with E-state index in [9.17, 15) is 9.59 Å². The molecule has 1 aromatic carbocycles. The molecule has 2 rings (SSSR count). The van der Waals surface area contributed by atoms with Crippen LogP contribution in [-0.2, 0) is 6.54 Å². The van der Waals surface area contributed by atoms with Crippen LogP contribution in [0.5, 0.6) is 0 Å². The minimum absolute atomic E-state index is 0.167. The molecule has 0 aliphatic carbocycles. The van der Waals surface area contributed by atoms with Crippen molar-refractivity contribution in [2.45, 2.75) is 26.4 Å². The highest BCUT2D eigenvalue weighted by molar-refractivity contribution is 6.02. The number of nitrogens with zero attached hydrogens (tertiary/aromatic N) is 1. The Morgan fingerprint density at radius 1 is 1.19 bits per heavy atom. The van der Waals surface area contributed by atoms with Gasteiger partial charge in [0.1, 0.15) is 5.69 Å². The summed E-state index contributed by atoms with van der Waals surface area (Å²) in [7, 11) is 0. The minimum atomic E-state index is -0.362. The third-order valence-electron chi connectivity index (χ3n) is 2.84. The van der Waals surface area contributed by atoms with E-state index in [-0.39, 0.29) is 17.2 Å². The number of carbonyl (C=O) groups excluding carboxylic acids is 1. The zero-order chi connectivity index (χ0) is 15.2. The van der Waals surface area contributed by atoms with Crippen molar-refractivity contribution in [2.75, 3.05) is 5.32 Å². The fourth-order valence-corrected chi connectivity index (χ4v) is 1.69. The molecule has 1 aromatic heterocycles. The number of benzene rings is 1. The Balaban J connectivity index is 1.98. The van der Waals surface area contributed by atoms with Crippen molar-refractivity contribution in [3.8, 4) is 0 Å². The molecule has 110 valence electrons. The molecule has 1 heterocycles. The van der Waals surface area contributed by atoms with E-state index in [2.05, 4.69) is 34.7 Å². The van der Waals surface area contributed by atoms with E-state index in [1.54, 1.807) is 0 Å². The largest absolute Gasteiger partial charge is 0.321 e. The lowest BCUT2D eigenvalue weighted by Gasteiger charge is -2.09. The number of aromatic nitrogens is 2. The first kappa shape index (κ1) is 14.9. The number of carbonyl (C=O) groups is 1. The highest BCUT2D eigenvalue weighted by Crippen LogP contribution is 2.10. The van der Waals surface area contributed by atoms with Gasteiger partial charge in [-0.1, -0.05) is 26.0 Å². The SMILES string of the molecule is CC(C)NCc1ccc(NC(=O)c2ccc(=O)[nH]n2)cc1. The molecular weight excluding hydrogens is 268 g/mol. The minimum Gasteiger partial charge on any atom is -0.321 e. The molecule has 0 fully saturated rings. The Kier molecular flexibility index (Phi) is 4.84. The first-order chi connectivity index (χ1) is 10.0. The van der Waals surface area contributed by atoms with Crippen LogP contribution >= 0.6 is 0 Å². The maximum Gasteiger partial charge on any atom is 0.276 e. The average molecular weight is 286 g/mol. The van der Waals surface area contributed by atoms with E-state index < -0.39 is 0 Å². The summed E-state index contributed by atoms with van der Waals surface area (Å²) < 4.78 is 0. The third kappa shape index (κ3) is 4.54. The van der Waals surface area contributed by atoms with E-state index in [0.29, 0.717) is 11.7 Å². The quantitative estimate of drug-likeness (QED) is 0.777. The maximum absolute atomic E-state index is 11.9. The van der Waals surface area contributed by atoms with Crippen molar-refractivity contribution in [3.63, 3.8) is 0 Å². The van der Waals surface area contributed by atoms with E-state index in [1.807, 2.05) is 24.3 Å². The zero-order valence-electron chi connectivity index (χ0n) is 12.0. The highest BCUT2D eigenvalue weighted by atomic mass is 16.2. The summed E-state index contributed by atoms with van der Waals surface area (Å²) in [4.78, 5) is 22.8. The molecular formula is C15H18N4O2. The average Bonchev–Trinajstić information content (AvgIpc) is 2.47. The van der Waals surface area contributed by atoms with Crippen molar-refractivity contribution in [1.29, 1.82) is 0 Å². The van der Waals surface area contributed by atoms with Crippen LogP contribution in [0.1, 0.15) is 29.9 Å². The lowest BCUT2D eigenvalue weighted by molar-refractivity contribution is 0.102. The molecule has 6 heteroatoms. The van der Waals surface area contributed by atoms with Gasteiger partial charge in [0.05, 0.1) is 0 Å². The molecule has 0 radical (unpaired) electrons. The zero-order valence-corrected chi connectivity index (χ0v) is 12.0. The van der Waals surface area contributed by atoms with Crippen molar-refractivity contribution >= 4 is 11.6 Å². The smallest absolute Gasteiger partial charge is 0.276 e. The second kappa shape index (κ2) is 6.81. The van der Waals surface area contributed by atoms with Gasteiger partial charge in [0.2, 0.25) is 0 Å². The molecule has 2 aromatic rings. The first-order valence-electron chi connectivity index (χ1n) is 6.74. The predicted molar refractivity (Wildman–Crippen MR) is 81.2 cm³/mol. The van der Waals surface area contributed by atoms with Gasteiger partial charge in [0.15, 0.2) is 0 Å². The van der Waals surface area contributed by atoms with E-state index >= 15 is 0 Å². The summed E-state index contributed by atoms with van der Waals surface area (Å²) >= 11 is 0. The van der Waals surface area contributed by atoms with Crippen LogP contribution in [0.3, 0.4) is 0 Å². The van der Waals surface area contributed by atoms with Crippen molar-refractivity contribution in [2.24, 2.45) is 0 Å². The number of anilines is 1. The van der Waals surface area contributed by atoms with E-state index in [4.69, 9.17) is 0 Å². The van der Waals surface area contributed by atoms with Gasteiger partial charge in [-0.25, -0.2) is 5.10 Å². The normalized spacial score (nSPS) is 10.6. The van der Waals surface area contributed by atoms with Crippen LogP contribution in [0, 0.1) is 0 Å². The molecule has 0 saturated carbocycles. The van der Waals surface area contributed by atoms with E-state index in [1.165, 1.54) is 12.1 Å². The molecule has 0 aliphatic rings. The second-order valence-electron chi connectivity index (χ2n) is 4.99. The molecule has 0 saturated heterocycles. The number of hydrogen-bond acceptors (Lipinski definition) is 4. The van der Waals surface area contributed by atoms with Gasteiger partial charge in [-0.15, -0.1) is 0 Å². The summed E-state index contributed by atoms with van der Waals surface area (Å²) in [5.74, 6) is -0.362. The topological polar surface area (TPSA) is 86.9 Å². The fourth-order valence-electron chi connectivity index (χ4n) is 1.69. The van der Waals surface area contributed by atoms with Crippen LogP contribution in [0.25, 0.3) is 0 Å². The summed E-state index contributed by atoms with van der Waals surface area (Å²) in [5.41, 5.74) is 1.65. The molecule has 0 unspecified atom stereocenters. The number of hydrogen-bond donors (Lipinski definition) is 3. The van der Waals surface area contributed by atoms with Crippen LogP contribution < -0.4 is 16.2 Å². The lowest BCUT2D eigenvalue weighted by atomic mass is 10.2. The Morgan fingerprint density at radius 2 is 1.90 bits per heavy atom. The third-order valence-corrected chi connectivity index (χ3v) is 2.84. The molecule has 0 atom stereocenters. The predicted octanol–water partition coefficient (Wildman–Crippen LogP) is 1.52. The molecule has 6 nitrogen and oxygen atoms in total. The van der Waals surface area contributed by atoms with Gasteiger partial charge in [-0.3, -0.25) is 9.59 Å². The van der Waals surface area contributed by atoms with Gasteiger partial charge in [-0.05, 0) is 23.8 Å². The van der Waals surface area contributed by atoms with Crippen LogP contribution in [0.4, 0.5) is 5.69 Å². The monoisotopic (exact) mass is 286 g/mol. The van der Waals surface area contributed by atoms with E-state index in [0.717, 1.165) is 12.1 Å². The Labute approximate surface area is 122 Å². The molecule has 0 aliphatic heterocycles. The van der Waals surface area contributed by atoms with Gasteiger partial charge in [0, 0.05) is 24.3 Å². The molecule has 0 bridgehead atoms. The van der Waals surface area contributed by atoms with Gasteiger partial charge >= 0.3 is 0 Å². The summed E-state index contributed by atoms with van der Waals surface area (Å²) in [6.45, 7) is 4.96. The fraction of sp³-hybridized carbons (Fsp3) is 0.267. The Morgan fingerprint density at radius 3 is 2.48 bits per heavy atom. The molecule has 0 spiro atoms. The molecule has 3 N–H and O–H groups in total. The summed E-state index contributed by atoms with van der Waals surface area (Å²) in [5, 5.41) is 12.0. The standard InChI is InChI=1S/C15H18N4O2/c1-10(2)16-9-11-3-5-12(6-4-11)17-15(21)13-7-8-14(20)19-18-13/h3-8,10,16H,9H2,1-2H3,(H,17,21)(H,19,20).